The fraction of sp³-hybridized carbons (Fsp3) is 0.250. The molecular formula is C16H14O5S2. The van der Waals surface area contributed by atoms with Crippen LogP contribution in [0, 0.1) is 0 Å². The van der Waals surface area contributed by atoms with Gasteiger partial charge in [-0.25, -0.2) is 0 Å². The molecule has 7 heteroatoms. The van der Waals surface area contributed by atoms with Gasteiger partial charge in [0.05, 0.1) is 5.75 Å². The van der Waals surface area contributed by atoms with Crippen molar-refractivity contribution in [3.63, 3.8) is 0 Å². The third-order valence-electron chi connectivity index (χ3n) is 3.10. The van der Waals surface area contributed by atoms with Gasteiger partial charge in [-0.3, -0.25) is 9.59 Å². The van der Waals surface area contributed by atoms with Crippen LogP contribution in [0.5, 0.6) is 11.5 Å². The minimum atomic E-state index is -0.388. The lowest BCUT2D eigenvalue weighted by Crippen LogP contribution is -2.15. The standard InChI is InChI=1S/C16H14O5S2/c17-13(11-3-4-14-15(6-11)21-10-20-14)7-19-16(18)9-22-8-12-2-1-5-23-12/h1-6H,7-10H2. The van der Waals surface area contributed by atoms with Gasteiger partial charge < -0.3 is 14.2 Å². The minimum absolute atomic E-state index is 0.156. The van der Waals surface area contributed by atoms with E-state index in [4.69, 9.17) is 14.2 Å². The quantitative estimate of drug-likeness (QED) is 0.565. The number of carbonyl (C=O) groups excluding carboxylic acids is 2. The molecule has 1 aromatic carbocycles. The van der Waals surface area contributed by atoms with Crippen molar-refractivity contribution in [1.29, 1.82) is 0 Å². The van der Waals surface area contributed by atoms with Crippen molar-refractivity contribution in [3.8, 4) is 11.5 Å². The Bertz CT molecular complexity index is 697. The van der Waals surface area contributed by atoms with E-state index in [0.29, 0.717) is 17.1 Å². The average molecular weight is 350 g/mol. The van der Waals surface area contributed by atoms with Crippen LogP contribution in [0.15, 0.2) is 35.7 Å². The summed E-state index contributed by atoms with van der Waals surface area (Å²) in [6, 6.07) is 8.91. The van der Waals surface area contributed by atoms with Gasteiger partial charge in [-0.2, -0.15) is 0 Å². The Balaban J connectivity index is 1.42. The molecule has 0 amide bonds. The Kier molecular flexibility index (Phi) is 5.19. The summed E-state index contributed by atoms with van der Waals surface area (Å²) in [5.74, 6) is 1.49. The number of thioether (sulfide) groups is 1. The summed E-state index contributed by atoms with van der Waals surface area (Å²) in [7, 11) is 0. The van der Waals surface area contributed by atoms with Crippen molar-refractivity contribution in [2.45, 2.75) is 5.75 Å². The molecule has 1 aliphatic heterocycles. The molecule has 0 unspecified atom stereocenters. The maximum Gasteiger partial charge on any atom is 0.316 e. The van der Waals surface area contributed by atoms with Crippen molar-refractivity contribution >= 4 is 34.9 Å². The second kappa shape index (κ2) is 7.52. The van der Waals surface area contributed by atoms with E-state index >= 15 is 0 Å². The van der Waals surface area contributed by atoms with Gasteiger partial charge >= 0.3 is 5.97 Å². The molecule has 0 aliphatic carbocycles. The fourth-order valence-corrected chi connectivity index (χ4v) is 3.63. The van der Waals surface area contributed by atoms with Crippen molar-refractivity contribution < 1.29 is 23.8 Å². The van der Waals surface area contributed by atoms with Crippen LogP contribution in [0.1, 0.15) is 15.2 Å². The van der Waals surface area contributed by atoms with E-state index in [-0.39, 0.29) is 30.9 Å². The maximum atomic E-state index is 12.0. The summed E-state index contributed by atoms with van der Waals surface area (Å²) >= 11 is 3.12. The lowest BCUT2D eigenvalue weighted by molar-refractivity contribution is -0.139. The Morgan fingerprint density at radius 1 is 1.22 bits per heavy atom. The molecule has 1 aromatic heterocycles. The summed E-state index contributed by atoms with van der Waals surface area (Å²) in [6.07, 6.45) is 0. The molecule has 2 heterocycles. The van der Waals surface area contributed by atoms with Crippen LogP contribution in [0.3, 0.4) is 0 Å². The van der Waals surface area contributed by atoms with Gasteiger partial charge in [0, 0.05) is 16.2 Å². The Morgan fingerprint density at radius 2 is 2.09 bits per heavy atom. The van der Waals surface area contributed by atoms with E-state index in [1.54, 1.807) is 29.5 Å². The molecule has 3 rings (SSSR count). The van der Waals surface area contributed by atoms with Crippen molar-refractivity contribution in [2.24, 2.45) is 0 Å². The highest BCUT2D eigenvalue weighted by atomic mass is 32.2. The molecule has 1 aliphatic rings. The lowest BCUT2D eigenvalue weighted by atomic mass is 10.1. The molecule has 0 saturated carbocycles. The van der Waals surface area contributed by atoms with Gasteiger partial charge in [-0.1, -0.05) is 6.07 Å². The van der Waals surface area contributed by atoms with Crippen molar-refractivity contribution in [2.75, 3.05) is 19.2 Å². The highest BCUT2D eigenvalue weighted by Gasteiger charge is 2.17. The average Bonchev–Trinajstić information content (AvgIpc) is 3.23. The van der Waals surface area contributed by atoms with Crippen LogP contribution < -0.4 is 9.47 Å². The number of rotatable bonds is 7. The molecule has 5 nitrogen and oxygen atoms in total. The van der Waals surface area contributed by atoms with Crippen LogP contribution in [0.25, 0.3) is 0 Å². The number of benzene rings is 1. The molecule has 0 fully saturated rings. The van der Waals surface area contributed by atoms with Crippen LogP contribution in [0.2, 0.25) is 0 Å². The summed E-state index contributed by atoms with van der Waals surface area (Å²) in [4.78, 5) is 24.9. The number of ketones is 1. The maximum absolute atomic E-state index is 12.0. The number of Topliss-reactive ketones (excluding diaryl/α,β-unsaturated/α-hetero) is 1. The first kappa shape index (κ1) is 15.9. The molecule has 0 radical (unpaired) electrons. The Hall–Kier alpha value is -1.99. The molecule has 0 atom stereocenters. The number of hydrogen-bond acceptors (Lipinski definition) is 7. The lowest BCUT2D eigenvalue weighted by Gasteiger charge is -2.05. The SMILES string of the molecule is O=C(CSCc1cccs1)OCC(=O)c1ccc2c(c1)OCO2. The van der Waals surface area contributed by atoms with Gasteiger partial charge in [-0.15, -0.1) is 23.1 Å². The number of hydrogen-bond donors (Lipinski definition) is 0. The van der Waals surface area contributed by atoms with Gasteiger partial charge in [-0.05, 0) is 29.6 Å². The first-order valence-corrected chi connectivity index (χ1v) is 8.94. The van der Waals surface area contributed by atoms with E-state index in [9.17, 15) is 9.59 Å². The van der Waals surface area contributed by atoms with Crippen LogP contribution in [-0.2, 0) is 15.3 Å². The van der Waals surface area contributed by atoms with Crippen molar-refractivity contribution in [1.82, 2.24) is 0 Å². The van der Waals surface area contributed by atoms with Crippen LogP contribution >= 0.6 is 23.1 Å². The number of esters is 1. The van der Waals surface area contributed by atoms with E-state index in [0.717, 1.165) is 5.75 Å². The van der Waals surface area contributed by atoms with Gasteiger partial charge in [0.2, 0.25) is 6.79 Å². The number of thiophene rings is 1. The third kappa shape index (κ3) is 4.27. The molecule has 0 bridgehead atoms. The minimum Gasteiger partial charge on any atom is -0.457 e. The molecule has 0 N–H and O–H groups in total. The predicted molar refractivity (Wildman–Crippen MR) is 88.3 cm³/mol. The fourth-order valence-electron chi connectivity index (χ4n) is 1.97. The summed E-state index contributed by atoms with van der Waals surface area (Å²) in [5.41, 5.74) is 0.438. The normalized spacial score (nSPS) is 12.2. The molecular weight excluding hydrogens is 336 g/mol. The zero-order valence-corrected chi connectivity index (χ0v) is 13.8. The summed E-state index contributed by atoms with van der Waals surface area (Å²) in [5, 5.41) is 2.00. The Morgan fingerprint density at radius 3 is 2.91 bits per heavy atom. The van der Waals surface area contributed by atoms with Gasteiger partial charge in [0.1, 0.15) is 0 Å². The Labute approximate surface area is 141 Å². The van der Waals surface area contributed by atoms with Gasteiger partial charge in [0.25, 0.3) is 0 Å². The molecule has 120 valence electrons. The monoisotopic (exact) mass is 350 g/mol. The zero-order chi connectivity index (χ0) is 16.1. The number of fused-ring (bicyclic) bond motifs is 1. The number of ether oxygens (including phenoxy) is 3. The predicted octanol–water partition coefficient (Wildman–Crippen LogP) is 3.14. The highest BCUT2D eigenvalue weighted by molar-refractivity contribution is 7.99. The second-order valence-electron chi connectivity index (χ2n) is 4.72. The highest BCUT2D eigenvalue weighted by Crippen LogP contribution is 2.32. The molecule has 0 spiro atoms. The van der Waals surface area contributed by atoms with E-state index in [1.165, 1.54) is 16.6 Å². The van der Waals surface area contributed by atoms with Crippen molar-refractivity contribution in [3.05, 3.63) is 46.2 Å². The second-order valence-corrected chi connectivity index (χ2v) is 6.74. The van der Waals surface area contributed by atoms with Crippen LogP contribution in [-0.4, -0.2) is 30.9 Å². The molecule has 2 aromatic rings. The molecule has 23 heavy (non-hydrogen) atoms. The first-order chi connectivity index (χ1) is 11.2. The smallest absolute Gasteiger partial charge is 0.316 e. The largest absolute Gasteiger partial charge is 0.457 e. The summed E-state index contributed by atoms with van der Waals surface area (Å²) in [6.45, 7) is -0.110. The third-order valence-corrected chi connectivity index (χ3v) is 5.12. The zero-order valence-electron chi connectivity index (χ0n) is 12.2. The topological polar surface area (TPSA) is 61.8 Å². The van der Waals surface area contributed by atoms with Crippen LogP contribution in [0.4, 0.5) is 0 Å². The summed E-state index contributed by atoms with van der Waals surface area (Å²) < 4.78 is 15.4. The van der Waals surface area contributed by atoms with E-state index in [1.807, 2.05) is 17.5 Å². The van der Waals surface area contributed by atoms with Gasteiger partial charge in [0.15, 0.2) is 23.9 Å². The first-order valence-electron chi connectivity index (χ1n) is 6.91. The molecule has 0 saturated heterocycles. The van der Waals surface area contributed by atoms with E-state index < -0.39 is 0 Å². The van der Waals surface area contributed by atoms with E-state index in [2.05, 4.69) is 0 Å². The number of carbonyl (C=O) groups is 2.